The van der Waals surface area contributed by atoms with Crippen molar-refractivity contribution in [2.24, 2.45) is 11.3 Å². The molecular weight excluding hydrogens is 168 g/mol. The number of hydrogen-bond donors (Lipinski definition) is 1. The molecule has 1 heterocycles. The number of carbonyl (C=O) groups is 1. The normalized spacial score (nSPS) is 63.6. The number of Topliss-reactive ketones (excluding diaryl/α,β-unsaturated/α-hetero) is 1. The fourth-order valence-electron chi connectivity index (χ4n) is 3.50. The lowest BCUT2D eigenvalue weighted by atomic mass is 9.42. The molecule has 4 bridgehead atoms. The number of carbonyl (C=O) groups excluding carboxylic acids is 1. The van der Waals surface area contributed by atoms with Crippen LogP contribution in [-0.4, -0.2) is 28.7 Å². The molecule has 3 saturated carbocycles. The minimum atomic E-state index is -0.738. The number of hydrogen-bond acceptors (Lipinski definition) is 3. The molecule has 4 aliphatic rings. The molecule has 3 aliphatic carbocycles. The van der Waals surface area contributed by atoms with Crippen molar-refractivity contribution in [3.8, 4) is 0 Å². The second-order valence-corrected chi connectivity index (χ2v) is 5.20. The maximum Gasteiger partial charge on any atom is 0.139 e. The van der Waals surface area contributed by atoms with E-state index in [1.807, 2.05) is 13.8 Å². The summed E-state index contributed by atoms with van der Waals surface area (Å²) < 4.78 is 5.62. The molecule has 0 aromatic carbocycles. The van der Waals surface area contributed by atoms with Crippen LogP contribution >= 0.6 is 0 Å². The standard InChI is InChI=1S/C10H14O3/c1-8-5-13-9(2)4-7(11)6(8)3-10(8,9)12/h6,12H,3-5H2,1-2H3/t6-,8+,9-,10+/m0/s1. The van der Waals surface area contributed by atoms with Crippen LogP contribution in [0.3, 0.4) is 0 Å². The van der Waals surface area contributed by atoms with Crippen LogP contribution in [0.5, 0.6) is 0 Å². The molecule has 0 aromatic rings. The molecule has 3 heteroatoms. The van der Waals surface area contributed by atoms with Crippen molar-refractivity contribution in [2.75, 3.05) is 6.61 Å². The van der Waals surface area contributed by atoms with Crippen LogP contribution in [0.15, 0.2) is 0 Å². The van der Waals surface area contributed by atoms with Crippen LogP contribution in [0.25, 0.3) is 0 Å². The van der Waals surface area contributed by atoms with Crippen molar-refractivity contribution in [3.05, 3.63) is 0 Å². The predicted octanol–water partition coefficient (Wildman–Crippen LogP) is 0.505. The van der Waals surface area contributed by atoms with Gasteiger partial charge in [0, 0.05) is 17.8 Å². The molecule has 4 rings (SSSR count). The van der Waals surface area contributed by atoms with Crippen molar-refractivity contribution in [1.29, 1.82) is 0 Å². The van der Waals surface area contributed by atoms with Gasteiger partial charge in [0.05, 0.1) is 6.61 Å². The molecule has 0 radical (unpaired) electrons. The Labute approximate surface area is 77.1 Å². The maximum atomic E-state index is 11.7. The molecule has 0 unspecified atom stereocenters. The Morgan fingerprint density at radius 3 is 2.85 bits per heavy atom. The highest BCUT2D eigenvalue weighted by molar-refractivity contribution is 5.87. The first-order valence-corrected chi connectivity index (χ1v) is 4.82. The van der Waals surface area contributed by atoms with E-state index in [1.165, 1.54) is 0 Å². The van der Waals surface area contributed by atoms with Crippen LogP contribution in [0.1, 0.15) is 26.7 Å². The summed E-state index contributed by atoms with van der Waals surface area (Å²) in [4.78, 5) is 11.7. The van der Waals surface area contributed by atoms with Crippen molar-refractivity contribution in [2.45, 2.75) is 37.9 Å². The molecule has 0 spiro atoms. The molecule has 1 saturated heterocycles. The number of fused-ring (bicyclic) bond motifs is 1. The highest BCUT2D eigenvalue weighted by Gasteiger charge is 2.79. The maximum absolute atomic E-state index is 11.7. The van der Waals surface area contributed by atoms with E-state index in [-0.39, 0.29) is 17.1 Å². The van der Waals surface area contributed by atoms with Gasteiger partial charge in [-0.15, -0.1) is 0 Å². The molecular formula is C10H14O3. The van der Waals surface area contributed by atoms with E-state index in [0.717, 1.165) is 0 Å². The van der Waals surface area contributed by atoms with Gasteiger partial charge in [-0.3, -0.25) is 4.79 Å². The van der Waals surface area contributed by atoms with Gasteiger partial charge in [0.1, 0.15) is 17.0 Å². The summed E-state index contributed by atoms with van der Waals surface area (Å²) >= 11 is 0. The zero-order valence-corrected chi connectivity index (χ0v) is 7.96. The van der Waals surface area contributed by atoms with Gasteiger partial charge < -0.3 is 9.84 Å². The van der Waals surface area contributed by atoms with E-state index in [0.29, 0.717) is 19.4 Å². The zero-order chi connectivity index (χ0) is 9.48. The quantitative estimate of drug-likeness (QED) is 0.593. The summed E-state index contributed by atoms with van der Waals surface area (Å²) in [5, 5.41) is 10.4. The van der Waals surface area contributed by atoms with E-state index in [1.54, 1.807) is 0 Å². The molecule has 3 nitrogen and oxygen atoms in total. The first-order chi connectivity index (χ1) is 5.93. The van der Waals surface area contributed by atoms with Crippen LogP contribution in [-0.2, 0) is 9.53 Å². The Hall–Kier alpha value is -0.410. The van der Waals surface area contributed by atoms with Crippen LogP contribution in [0, 0.1) is 11.3 Å². The summed E-state index contributed by atoms with van der Waals surface area (Å²) in [7, 11) is 0. The number of ether oxygens (including phenoxy) is 1. The SMILES string of the molecule is C[C@]12CC(=O)[C@@H]3C[C@@]1(O)[C@]3(C)CO2. The summed E-state index contributed by atoms with van der Waals surface area (Å²) in [5.74, 6) is 0.325. The van der Waals surface area contributed by atoms with E-state index >= 15 is 0 Å². The monoisotopic (exact) mass is 182 g/mol. The Kier molecular flexibility index (Phi) is 1.04. The van der Waals surface area contributed by atoms with Crippen molar-refractivity contribution in [3.63, 3.8) is 0 Å². The molecule has 4 fully saturated rings. The summed E-state index contributed by atoms with van der Waals surface area (Å²) in [6.45, 7) is 4.38. The largest absolute Gasteiger partial charge is 0.386 e. The van der Waals surface area contributed by atoms with Gasteiger partial charge in [0.2, 0.25) is 0 Å². The van der Waals surface area contributed by atoms with E-state index in [2.05, 4.69) is 0 Å². The van der Waals surface area contributed by atoms with Gasteiger partial charge in [0.15, 0.2) is 0 Å². The molecule has 1 N–H and O–H groups in total. The van der Waals surface area contributed by atoms with Gasteiger partial charge in [0.25, 0.3) is 0 Å². The lowest BCUT2D eigenvalue weighted by molar-refractivity contribution is -0.238. The average Bonchev–Trinajstić information content (AvgIpc) is 2.18. The Morgan fingerprint density at radius 2 is 2.23 bits per heavy atom. The minimum Gasteiger partial charge on any atom is -0.386 e. The number of ketones is 1. The van der Waals surface area contributed by atoms with E-state index in [9.17, 15) is 9.90 Å². The summed E-state index contributed by atoms with van der Waals surface area (Å²) in [5.41, 5.74) is -1.64. The topological polar surface area (TPSA) is 46.5 Å². The Bertz CT molecular complexity index is 301. The second-order valence-electron chi connectivity index (χ2n) is 5.20. The molecule has 72 valence electrons. The third kappa shape index (κ3) is 0.536. The van der Waals surface area contributed by atoms with E-state index < -0.39 is 11.2 Å². The summed E-state index contributed by atoms with van der Waals surface area (Å²) in [6, 6.07) is 0. The molecule has 0 aromatic heterocycles. The van der Waals surface area contributed by atoms with E-state index in [4.69, 9.17) is 4.74 Å². The average molecular weight is 182 g/mol. The fourth-order valence-corrected chi connectivity index (χ4v) is 3.50. The smallest absolute Gasteiger partial charge is 0.139 e. The fraction of sp³-hybridized carbons (Fsp3) is 0.900. The van der Waals surface area contributed by atoms with Crippen molar-refractivity contribution >= 4 is 5.78 Å². The summed E-state index contributed by atoms with van der Waals surface area (Å²) in [6.07, 6.45) is 1.00. The lowest BCUT2D eigenvalue weighted by Gasteiger charge is -2.62. The van der Waals surface area contributed by atoms with Gasteiger partial charge in [-0.2, -0.15) is 0 Å². The Balaban J connectivity index is 2.17. The van der Waals surface area contributed by atoms with Gasteiger partial charge in [-0.1, -0.05) is 6.92 Å². The molecule has 4 atom stereocenters. The molecule has 0 amide bonds. The number of aliphatic hydroxyl groups is 1. The molecule has 13 heavy (non-hydrogen) atoms. The molecule has 1 aliphatic heterocycles. The van der Waals surface area contributed by atoms with Gasteiger partial charge in [-0.05, 0) is 13.3 Å². The predicted molar refractivity (Wildman–Crippen MR) is 45.1 cm³/mol. The van der Waals surface area contributed by atoms with Crippen LogP contribution in [0.4, 0.5) is 0 Å². The van der Waals surface area contributed by atoms with Crippen LogP contribution in [0.2, 0.25) is 0 Å². The third-order valence-corrected chi connectivity index (χ3v) is 4.68. The van der Waals surface area contributed by atoms with Gasteiger partial charge >= 0.3 is 0 Å². The Morgan fingerprint density at radius 1 is 1.54 bits per heavy atom. The highest BCUT2D eigenvalue weighted by Crippen LogP contribution is 2.69. The van der Waals surface area contributed by atoms with Gasteiger partial charge in [-0.25, -0.2) is 0 Å². The number of rotatable bonds is 0. The first kappa shape index (κ1) is 7.94. The minimum absolute atomic E-state index is 0.0491. The van der Waals surface area contributed by atoms with Crippen LogP contribution < -0.4 is 0 Å². The first-order valence-electron chi connectivity index (χ1n) is 4.82. The van der Waals surface area contributed by atoms with Crippen molar-refractivity contribution < 1.29 is 14.6 Å². The third-order valence-electron chi connectivity index (χ3n) is 4.68. The lowest BCUT2D eigenvalue weighted by Crippen LogP contribution is -2.74. The highest BCUT2D eigenvalue weighted by atomic mass is 16.5. The zero-order valence-electron chi connectivity index (χ0n) is 7.96. The van der Waals surface area contributed by atoms with Crippen molar-refractivity contribution in [1.82, 2.24) is 0 Å². The second kappa shape index (κ2) is 1.71.